The number of rotatable bonds is 3. The first-order valence-corrected chi connectivity index (χ1v) is 5.32. The summed E-state index contributed by atoms with van der Waals surface area (Å²) in [5.41, 5.74) is -0.657. The van der Waals surface area contributed by atoms with Crippen LogP contribution in [0.15, 0.2) is 4.52 Å². The molecule has 0 bridgehead atoms. The lowest BCUT2D eigenvalue weighted by molar-refractivity contribution is 0.0519. The number of halogens is 3. The second kappa shape index (κ2) is 5.05. The molecule has 0 aliphatic rings. The molecule has 0 spiro atoms. The maximum atomic E-state index is 12.5. The van der Waals surface area contributed by atoms with Gasteiger partial charge in [0, 0.05) is 0 Å². The van der Waals surface area contributed by atoms with Gasteiger partial charge >= 0.3 is 17.4 Å². The van der Waals surface area contributed by atoms with E-state index in [4.69, 9.17) is 4.74 Å². The Hall–Kier alpha value is -1.44. The first kappa shape index (κ1) is 14.6. The van der Waals surface area contributed by atoms with Gasteiger partial charge in [0.2, 0.25) is 0 Å². The third-order valence-corrected chi connectivity index (χ3v) is 1.66. The Kier molecular flexibility index (Phi) is 4.10. The zero-order valence-electron chi connectivity index (χ0n) is 9.96. The van der Waals surface area contributed by atoms with Crippen molar-refractivity contribution >= 4 is 17.7 Å². The van der Waals surface area contributed by atoms with Crippen molar-refractivity contribution in [1.29, 1.82) is 0 Å². The summed E-state index contributed by atoms with van der Waals surface area (Å²) in [5.74, 6) is -1.15. The van der Waals surface area contributed by atoms with Crippen molar-refractivity contribution in [1.82, 2.24) is 15.5 Å². The normalized spacial score (nSPS) is 12.3. The molecule has 1 amide bonds. The topological polar surface area (TPSA) is 77.2 Å². The summed E-state index contributed by atoms with van der Waals surface area (Å²) in [6.45, 7) is 4.86. The Morgan fingerprint density at radius 2 is 2.11 bits per heavy atom. The van der Waals surface area contributed by atoms with Gasteiger partial charge < -0.3 is 14.6 Å². The van der Waals surface area contributed by atoms with Gasteiger partial charge in [0.25, 0.3) is 0 Å². The van der Waals surface area contributed by atoms with Crippen molar-refractivity contribution in [3.8, 4) is 0 Å². The summed E-state index contributed by atoms with van der Waals surface area (Å²) in [7, 11) is 0. The fourth-order valence-corrected chi connectivity index (χ4v) is 0.983. The van der Waals surface area contributed by atoms with Gasteiger partial charge in [-0.15, -0.1) is 0 Å². The number of alkyl carbamates (subject to hydrolysis) is 1. The minimum absolute atomic E-state index is 0.129. The van der Waals surface area contributed by atoms with Gasteiger partial charge in [0.05, 0.1) is 6.54 Å². The van der Waals surface area contributed by atoms with E-state index in [9.17, 15) is 13.6 Å². The Morgan fingerprint density at radius 3 is 2.56 bits per heavy atom. The van der Waals surface area contributed by atoms with Crippen LogP contribution < -0.4 is 5.32 Å². The number of amides is 1. The van der Waals surface area contributed by atoms with Crippen LogP contribution in [0, 0.1) is 0 Å². The summed E-state index contributed by atoms with van der Waals surface area (Å²) in [6.07, 6.45) is -0.716. The molecule has 0 saturated carbocycles. The number of hydrogen-bond acceptors (Lipinski definition) is 5. The molecule has 1 aromatic heterocycles. The van der Waals surface area contributed by atoms with Crippen molar-refractivity contribution in [3.63, 3.8) is 0 Å². The van der Waals surface area contributed by atoms with Crippen LogP contribution in [-0.4, -0.2) is 21.8 Å². The SMILES string of the molecule is CC(C)(C)OC(=O)NCc1noc(C(F)(F)Cl)n1. The number of carbonyl (C=O) groups excluding carboxylic acids is 1. The van der Waals surface area contributed by atoms with Crippen LogP contribution >= 0.6 is 11.6 Å². The van der Waals surface area contributed by atoms with Crippen LogP contribution in [0.4, 0.5) is 13.6 Å². The van der Waals surface area contributed by atoms with Gasteiger partial charge in [-0.2, -0.15) is 13.8 Å². The molecular formula is C9H12ClF2N3O3. The highest BCUT2D eigenvalue weighted by molar-refractivity contribution is 6.21. The lowest BCUT2D eigenvalue weighted by Gasteiger charge is -2.19. The molecule has 102 valence electrons. The molecule has 1 rings (SSSR count). The van der Waals surface area contributed by atoms with Crippen LogP contribution in [0.3, 0.4) is 0 Å². The number of aromatic nitrogens is 2. The van der Waals surface area contributed by atoms with Crippen LogP contribution in [0.1, 0.15) is 32.5 Å². The van der Waals surface area contributed by atoms with Gasteiger partial charge in [0.15, 0.2) is 5.82 Å². The summed E-state index contributed by atoms with van der Waals surface area (Å²) >= 11 is 4.68. The molecule has 0 aliphatic heterocycles. The summed E-state index contributed by atoms with van der Waals surface area (Å²) in [5, 5.41) is 1.79. The van der Waals surface area contributed by atoms with Crippen LogP contribution in [0.5, 0.6) is 0 Å². The largest absolute Gasteiger partial charge is 0.444 e. The van der Waals surface area contributed by atoms with Crippen LogP contribution in [0.25, 0.3) is 0 Å². The number of nitrogens with one attached hydrogen (secondary N) is 1. The van der Waals surface area contributed by atoms with E-state index in [1.165, 1.54) is 0 Å². The number of alkyl halides is 3. The van der Waals surface area contributed by atoms with Crippen molar-refractivity contribution < 1.29 is 22.8 Å². The third kappa shape index (κ3) is 4.82. The molecule has 0 saturated heterocycles. The molecule has 1 aromatic rings. The standard InChI is InChI=1S/C9H12ClF2N3O3/c1-8(2,3)17-7(16)13-4-5-14-6(18-15-5)9(10,11)12/h4H2,1-3H3,(H,13,16). The van der Waals surface area contributed by atoms with E-state index in [1.54, 1.807) is 20.8 Å². The second-order valence-corrected chi connectivity index (χ2v) is 4.84. The summed E-state index contributed by atoms with van der Waals surface area (Å²) in [6, 6.07) is 0. The minimum atomic E-state index is -3.73. The zero-order valence-corrected chi connectivity index (χ0v) is 10.7. The Bertz CT molecular complexity index is 425. The third-order valence-electron chi connectivity index (χ3n) is 1.50. The number of carbonyl (C=O) groups is 1. The molecule has 9 heteroatoms. The molecule has 0 unspecified atom stereocenters. The van der Waals surface area contributed by atoms with Gasteiger partial charge in [-0.25, -0.2) is 4.79 Å². The molecule has 18 heavy (non-hydrogen) atoms. The monoisotopic (exact) mass is 283 g/mol. The van der Waals surface area contributed by atoms with E-state index < -0.39 is 23.0 Å². The molecule has 0 atom stereocenters. The number of hydrogen-bond donors (Lipinski definition) is 1. The fourth-order valence-electron chi connectivity index (χ4n) is 0.906. The van der Waals surface area contributed by atoms with Gasteiger partial charge in [-0.3, -0.25) is 0 Å². The predicted molar refractivity (Wildman–Crippen MR) is 57.1 cm³/mol. The van der Waals surface area contributed by atoms with Crippen LogP contribution in [-0.2, 0) is 16.7 Å². The highest BCUT2D eigenvalue weighted by atomic mass is 35.5. The Balaban J connectivity index is 2.50. The molecule has 0 radical (unpaired) electrons. The quantitative estimate of drug-likeness (QED) is 0.862. The molecule has 1 N–H and O–H groups in total. The zero-order chi connectivity index (χ0) is 14.0. The van der Waals surface area contributed by atoms with E-state index in [-0.39, 0.29) is 12.4 Å². The Morgan fingerprint density at radius 1 is 1.50 bits per heavy atom. The molecule has 6 nitrogen and oxygen atoms in total. The smallest absolute Gasteiger partial charge is 0.408 e. The molecular weight excluding hydrogens is 272 g/mol. The van der Waals surface area contributed by atoms with Crippen LogP contribution in [0.2, 0.25) is 0 Å². The average molecular weight is 284 g/mol. The van der Waals surface area contributed by atoms with E-state index in [0.29, 0.717) is 0 Å². The van der Waals surface area contributed by atoms with Crippen molar-refractivity contribution in [2.75, 3.05) is 0 Å². The second-order valence-electron chi connectivity index (χ2n) is 4.37. The minimum Gasteiger partial charge on any atom is -0.444 e. The first-order valence-electron chi connectivity index (χ1n) is 4.94. The first-order chi connectivity index (χ1) is 8.08. The fraction of sp³-hybridized carbons (Fsp3) is 0.667. The Labute approximate surface area is 107 Å². The van der Waals surface area contributed by atoms with E-state index in [2.05, 4.69) is 31.6 Å². The molecule has 1 heterocycles. The van der Waals surface area contributed by atoms with Gasteiger partial charge in [-0.05, 0) is 32.4 Å². The highest BCUT2D eigenvalue weighted by Crippen LogP contribution is 2.30. The molecule has 0 aliphatic carbocycles. The van der Waals surface area contributed by atoms with Gasteiger partial charge in [-0.1, -0.05) is 5.16 Å². The highest BCUT2D eigenvalue weighted by Gasteiger charge is 2.35. The summed E-state index contributed by atoms with van der Waals surface area (Å²) in [4.78, 5) is 14.6. The lowest BCUT2D eigenvalue weighted by Crippen LogP contribution is -2.32. The predicted octanol–water partition coefficient (Wildman–Crippen LogP) is 2.38. The van der Waals surface area contributed by atoms with E-state index in [1.807, 2.05) is 0 Å². The maximum absolute atomic E-state index is 12.5. The summed E-state index contributed by atoms with van der Waals surface area (Å²) < 4.78 is 34.2. The van der Waals surface area contributed by atoms with E-state index >= 15 is 0 Å². The maximum Gasteiger partial charge on any atom is 0.408 e. The van der Waals surface area contributed by atoms with Gasteiger partial charge in [0.1, 0.15) is 5.60 Å². The lowest BCUT2D eigenvalue weighted by atomic mass is 10.2. The molecule has 0 aromatic carbocycles. The number of ether oxygens (including phenoxy) is 1. The van der Waals surface area contributed by atoms with Crippen molar-refractivity contribution in [2.45, 2.75) is 38.3 Å². The van der Waals surface area contributed by atoms with Crippen molar-refractivity contribution in [2.24, 2.45) is 0 Å². The van der Waals surface area contributed by atoms with Crippen molar-refractivity contribution in [3.05, 3.63) is 11.7 Å². The molecule has 0 fully saturated rings. The van der Waals surface area contributed by atoms with E-state index in [0.717, 1.165) is 0 Å². The number of nitrogens with zero attached hydrogens (tertiary/aromatic N) is 2. The average Bonchev–Trinajstić information content (AvgIpc) is 2.59.